The summed E-state index contributed by atoms with van der Waals surface area (Å²) in [6.07, 6.45) is 0. The number of anilines is 1. The van der Waals surface area contributed by atoms with Crippen molar-refractivity contribution in [2.75, 3.05) is 18.5 Å². The molecule has 5 heteroatoms. The molecule has 0 aliphatic carbocycles. The summed E-state index contributed by atoms with van der Waals surface area (Å²) in [7, 11) is 0. The van der Waals surface area contributed by atoms with Crippen LogP contribution in [0.2, 0.25) is 0 Å². The molecule has 0 aliphatic rings. The first-order chi connectivity index (χ1) is 11.6. The van der Waals surface area contributed by atoms with Crippen molar-refractivity contribution < 1.29 is 14.3 Å². The molecule has 2 rings (SSSR count). The van der Waals surface area contributed by atoms with Crippen LogP contribution in [0.25, 0.3) is 0 Å². The Kier molecular flexibility index (Phi) is 6.37. The summed E-state index contributed by atoms with van der Waals surface area (Å²) in [5.74, 6) is -0.544. The van der Waals surface area contributed by atoms with Gasteiger partial charge in [0.25, 0.3) is 0 Å². The lowest BCUT2D eigenvalue weighted by Gasteiger charge is -2.12. The first-order valence-electron chi connectivity index (χ1n) is 7.93. The lowest BCUT2D eigenvalue weighted by molar-refractivity contribution is -0.119. The number of benzene rings is 2. The molecule has 0 saturated heterocycles. The van der Waals surface area contributed by atoms with Gasteiger partial charge in [0.2, 0.25) is 5.91 Å². The Labute approximate surface area is 142 Å². The van der Waals surface area contributed by atoms with Gasteiger partial charge in [-0.1, -0.05) is 36.4 Å². The quantitative estimate of drug-likeness (QED) is 0.768. The molecule has 0 bridgehead atoms. The van der Waals surface area contributed by atoms with Crippen molar-refractivity contribution in [3.05, 3.63) is 65.2 Å². The maximum Gasteiger partial charge on any atom is 0.340 e. The van der Waals surface area contributed by atoms with Gasteiger partial charge < -0.3 is 15.4 Å². The van der Waals surface area contributed by atoms with Gasteiger partial charge in [0, 0.05) is 12.2 Å². The van der Waals surface area contributed by atoms with Crippen LogP contribution in [0.5, 0.6) is 0 Å². The number of nitrogens with one attached hydrogen (secondary N) is 2. The van der Waals surface area contributed by atoms with Gasteiger partial charge in [-0.2, -0.15) is 0 Å². The van der Waals surface area contributed by atoms with E-state index in [1.807, 2.05) is 31.2 Å². The first kappa shape index (κ1) is 17.5. The highest BCUT2D eigenvalue weighted by molar-refractivity contribution is 5.96. The summed E-state index contributed by atoms with van der Waals surface area (Å²) in [5.41, 5.74) is 3.23. The van der Waals surface area contributed by atoms with Crippen LogP contribution in [0, 0.1) is 6.92 Å². The van der Waals surface area contributed by atoms with Crippen LogP contribution >= 0.6 is 0 Å². The van der Waals surface area contributed by atoms with E-state index < -0.39 is 5.97 Å². The van der Waals surface area contributed by atoms with Gasteiger partial charge in [0.15, 0.2) is 0 Å². The number of hydrogen-bond donors (Lipinski definition) is 2. The van der Waals surface area contributed by atoms with Crippen LogP contribution in [0.15, 0.2) is 48.5 Å². The van der Waals surface area contributed by atoms with Crippen molar-refractivity contribution in [1.82, 2.24) is 5.32 Å². The second-order valence-electron chi connectivity index (χ2n) is 5.32. The molecule has 0 heterocycles. The summed E-state index contributed by atoms with van der Waals surface area (Å²) >= 11 is 0. The van der Waals surface area contributed by atoms with Crippen LogP contribution < -0.4 is 10.6 Å². The van der Waals surface area contributed by atoms with Crippen LogP contribution in [0.4, 0.5) is 5.69 Å². The number of amides is 1. The molecule has 24 heavy (non-hydrogen) atoms. The number of para-hydroxylation sites is 1. The van der Waals surface area contributed by atoms with Gasteiger partial charge in [-0.25, -0.2) is 4.79 Å². The van der Waals surface area contributed by atoms with E-state index in [2.05, 4.69) is 10.6 Å². The molecule has 2 aromatic rings. The molecule has 5 nitrogen and oxygen atoms in total. The SMILES string of the molecule is CCOC(=O)c1ccccc1NCC(=O)NCc1ccccc1C. The molecule has 0 fully saturated rings. The molecule has 0 atom stereocenters. The third kappa shape index (κ3) is 4.84. The second kappa shape index (κ2) is 8.72. The van der Waals surface area contributed by atoms with Crippen molar-refractivity contribution in [1.29, 1.82) is 0 Å². The van der Waals surface area contributed by atoms with Gasteiger partial charge in [0.1, 0.15) is 0 Å². The van der Waals surface area contributed by atoms with Gasteiger partial charge in [0.05, 0.1) is 18.7 Å². The fraction of sp³-hybridized carbons (Fsp3) is 0.263. The van der Waals surface area contributed by atoms with Crippen molar-refractivity contribution in [2.45, 2.75) is 20.4 Å². The predicted molar refractivity (Wildman–Crippen MR) is 93.9 cm³/mol. The molecule has 0 radical (unpaired) electrons. The van der Waals surface area contributed by atoms with E-state index in [9.17, 15) is 9.59 Å². The number of carbonyl (C=O) groups is 2. The average molecular weight is 326 g/mol. The Bertz CT molecular complexity index is 713. The van der Waals surface area contributed by atoms with E-state index >= 15 is 0 Å². The van der Waals surface area contributed by atoms with Crippen LogP contribution in [-0.2, 0) is 16.1 Å². The summed E-state index contributed by atoms with van der Waals surface area (Å²) in [6, 6.07) is 14.9. The summed E-state index contributed by atoms with van der Waals surface area (Å²) < 4.78 is 5.01. The molecule has 2 aromatic carbocycles. The zero-order chi connectivity index (χ0) is 17.4. The first-order valence-corrected chi connectivity index (χ1v) is 7.93. The third-order valence-corrected chi connectivity index (χ3v) is 3.60. The fourth-order valence-electron chi connectivity index (χ4n) is 2.26. The van der Waals surface area contributed by atoms with E-state index in [0.29, 0.717) is 24.4 Å². The standard InChI is InChI=1S/C19H22N2O3/c1-3-24-19(23)16-10-6-7-11-17(16)20-13-18(22)21-12-15-9-5-4-8-14(15)2/h4-11,20H,3,12-13H2,1-2H3,(H,21,22). The zero-order valence-electron chi connectivity index (χ0n) is 14.0. The molecule has 0 aliphatic heterocycles. The Hall–Kier alpha value is -2.82. The highest BCUT2D eigenvalue weighted by Gasteiger charge is 2.12. The van der Waals surface area contributed by atoms with Gasteiger partial charge >= 0.3 is 5.97 Å². The van der Waals surface area contributed by atoms with Crippen molar-refractivity contribution in [2.24, 2.45) is 0 Å². The Morgan fingerprint density at radius 2 is 1.75 bits per heavy atom. The van der Waals surface area contributed by atoms with Crippen molar-refractivity contribution in [3.8, 4) is 0 Å². The lowest BCUT2D eigenvalue weighted by atomic mass is 10.1. The molecule has 2 N–H and O–H groups in total. The monoisotopic (exact) mass is 326 g/mol. The number of hydrogen-bond acceptors (Lipinski definition) is 4. The Morgan fingerprint density at radius 1 is 1.04 bits per heavy atom. The lowest BCUT2D eigenvalue weighted by Crippen LogP contribution is -2.30. The fourth-order valence-corrected chi connectivity index (χ4v) is 2.26. The van der Waals surface area contributed by atoms with E-state index in [1.54, 1.807) is 31.2 Å². The maximum atomic E-state index is 12.0. The predicted octanol–water partition coefficient (Wildman–Crippen LogP) is 2.90. The van der Waals surface area contributed by atoms with E-state index in [-0.39, 0.29) is 12.5 Å². The molecular weight excluding hydrogens is 304 g/mol. The smallest absolute Gasteiger partial charge is 0.340 e. The van der Waals surface area contributed by atoms with Crippen LogP contribution in [0.1, 0.15) is 28.4 Å². The Balaban J connectivity index is 1.90. The number of carbonyl (C=O) groups excluding carboxylic acids is 2. The summed E-state index contributed by atoms with van der Waals surface area (Å²) in [6.45, 7) is 4.64. The summed E-state index contributed by atoms with van der Waals surface area (Å²) in [5, 5.41) is 5.86. The highest BCUT2D eigenvalue weighted by atomic mass is 16.5. The number of aryl methyl sites for hydroxylation is 1. The largest absolute Gasteiger partial charge is 0.462 e. The van der Waals surface area contributed by atoms with Gasteiger partial charge in [-0.05, 0) is 37.1 Å². The van der Waals surface area contributed by atoms with Gasteiger partial charge in [-0.3, -0.25) is 4.79 Å². The van der Waals surface area contributed by atoms with Crippen molar-refractivity contribution in [3.63, 3.8) is 0 Å². The molecule has 0 unspecified atom stereocenters. The minimum Gasteiger partial charge on any atom is -0.462 e. The molecule has 126 valence electrons. The number of esters is 1. The normalized spacial score (nSPS) is 10.1. The highest BCUT2D eigenvalue weighted by Crippen LogP contribution is 2.15. The minimum atomic E-state index is -0.402. The van der Waals surface area contributed by atoms with Crippen LogP contribution in [-0.4, -0.2) is 25.0 Å². The van der Waals surface area contributed by atoms with Gasteiger partial charge in [-0.15, -0.1) is 0 Å². The topological polar surface area (TPSA) is 67.4 Å². The minimum absolute atomic E-state index is 0.0856. The van der Waals surface area contributed by atoms with Crippen LogP contribution in [0.3, 0.4) is 0 Å². The molecule has 0 saturated carbocycles. The molecule has 1 amide bonds. The van der Waals surface area contributed by atoms with Crippen molar-refractivity contribution >= 4 is 17.6 Å². The molecular formula is C19H22N2O3. The zero-order valence-corrected chi connectivity index (χ0v) is 14.0. The summed E-state index contributed by atoms with van der Waals surface area (Å²) in [4.78, 5) is 23.9. The second-order valence-corrected chi connectivity index (χ2v) is 5.32. The number of ether oxygens (including phenoxy) is 1. The number of rotatable bonds is 7. The molecule has 0 aromatic heterocycles. The van der Waals surface area contributed by atoms with E-state index in [0.717, 1.165) is 11.1 Å². The average Bonchev–Trinajstić information content (AvgIpc) is 2.59. The third-order valence-electron chi connectivity index (χ3n) is 3.60. The maximum absolute atomic E-state index is 12.0. The van der Waals surface area contributed by atoms with E-state index in [4.69, 9.17) is 4.74 Å². The molecule has 0 spiro atoms. The van der Waals surface area contributed by atoms with E-state index in [1.165, 1.54) is 0 Å². The Morgan fingerprint density at radius 3 is 2.50 bits per heavy atom.